The minimum atomic E-state index is -0.157. The molecule has 1 heteroatoms. The molecule has 0 heterocycles. The van der Waals surface area contributed by atoms with E-state index in [0.717, 1.165) is 0 Å². The number of halogens is 1. The van der Waals surface area contributed by atoms with Crippen LogP contribution < -0.4 is 0 Å². The summed E-state index contributed by atoms with van der Waals surface area (Å²) in [6.45, 7) is 0. The van der Waals surface area contributed by atoms with Crippen molar-refractivity contribution in [3.8, 4) is 0 Å². The number of rotatable bonds is 3. The summed E-state index contributed by atoms with van der Waals surface area (Å²) >= 11 is 0. The van der Waals surface area contributed by atoms with Crippen LogP contribution in [0, 0.1) is 11.7 Å². The van der Waals surface area contributed by atoms with Crippen LogP contribution in [0.3, 0.4) is 0 Å². The summed E-state index contributed by atoms with van der Waals surface area (Å²) in [5.74, 6) is 1.03. The van der Waals surface area contributed by atoms with Gasteiger partial charge >= 0.3 is 0 Å². The smallest absolute Gasteiger partial charge is 0.123 e. The summed E-state index contributed by atoms with van der Waals surface area (Å²) in [6.07, 6.45) is 5.62. The van der Waals surface area contributed by atoms with Crippen LogP contribution in [0.2, 0.25) is 0 Å². The van der Waals surface area contributed by atoms with Gasteiger partial charge in [0.1, 0.15) is 5.82 Å². The first-order chi connectivity index (χ1) is 8.83. The van der Waals surface area contributed by atoms with E-state index in [1.54, 1.807) is 12.1 Å². The van der Waals surface area contributed by atoms with Gasteiger partial charge in [0, 0.05) is 0 Å². The zero-order valence-corrected chi connectivity index (χ0v) is 10.1. The minimum Gasteiger partial charge on any atom is -0.207 e. The van der Waals surface area contributed by atoms with Gasteiger partial charge in [0.25, 0.3) is 0 Å². The Hall–Kier alpha value is -1.89. The Morgan fingerprint density at radius 2 is 1.67 bits per heavy atom. The average molecular weight is 238 g/mol. The molecule has 1 fully saturated rings. The Kier molecular flexibility index (Phi) is 2.97. The van der Waals surface area contributed by atoms with E-state index < -0.39 is 0 Å². The summed E-state index contributed by atoms with van der Waals surface area (Å²) in [5.41, 5.74) is 2.49. The van der Waals surface area contributed by atoms with Gasteiger partial charge in [-0.05, 0) is 41.5 Å². The second-order valence-electron chi connectivity index (χ2n) is 4.83. The Bertz CT molecular complexity index is 540. The molecule has 0 nitrogen and oxygen atoms in total. The van der Waals surface area contributed by atoms with Gasteiger partial charge in [-0.1, -0.05) is 54.6 Å². The molecule has 90 valence electrons. The third-order valence-electron chi connectivity index (χ3n) is 3.47. The molecular weight excluding hydrogens is 223 g/mol. The predicted molar refractivity (Wildman–Crippen MR) is 72.7 cm³/mol. The highest BCUT2D eigenvalue weighted by Crippen LogP contribution is 2.48. The molecule has 2 aromatic carbocycles. The van der Waals surface area contributed by atoms with Crippen molar-refractivity contribution in [2.24, 2.45) is 5.92 Å². The molecule has 0 aliphatic heterocycles. The van der Waals surface area contributed by atoms with E-state index in [1.807, 2.05) is 30.3 Å². The standard InChI is InChI=1S/C17H15F/c18-16-10-8-14(9-11-16)17-12-15(17)7-6-13-4-2-1-3-5-13/h1-11,15,17H,12H2/b7-6+/t15-,17-/m0/s1. The molecule has 2 atom stereocenters. The minimum absolute atomic E-state index is 0.157. The Morgan fingerprint density at radius 1 is 0.944 bits per heavy atom. The molecule has 0 saturated heterocycles. The summed E-state index contributed by atoms with van der Waals surface area (Å²) in [5, 5.41) is 0. The number of benzene rings is 2. The van der Waals surface area contributed by atoms with Crippen LogP contribution in [0.15, 0.2) is 60.7 Å². The molecule has 1 aliphatic rings. The lowest BCUT2D eigenvalue weighted by Gasteiger charge is -1.97. The van der Waals surface area contributed by atoms with Gasteiger partial charge in [-0.25, -0.2) is 4.39 Å². The highest BCUT2D eigenvalue weighted by atomic mass is 19.1. The van der Waals surface area contributed by atoms with E-state index in [4.69, 9.17) is 0 Å². The zero-order valence-electron chi connectivity index (χ0n) is 10.1. The molecule has 1 aliphatic carbocycles. The number of hydrogen-bond acceptors (Lipinski definition) is 0. The number of allylic oxidation sites excluding steroid dienone is 1. The SMILES string of the molecule is Fc1ccc([C@@H]2C[C@@H]2/C=C/c2ccccc2)cc1. The molecule has 0 unspecified atom stereocenters. The van der Waals surface area contributed by atoms with Crippen LogP contribution in [0.1, 0.15) is 23.5 Å². The Balaban J connectivity index is 1.65. The lowest BCUT2D eigenvalue weighted by molar-refractivity contribution is 0.627. The Morgan fingerprint density at radius 3 is 2.39 bits per heavy atom. The van der Waals surface area contributed by atoms with E-state index in [2.05, 4.69) is 24.3 Å². The van der Waals surface area contributed by atoms with Gasteiger partial charge in [-0.15, -0.1) is 0 Å². The molecule has 18 heavy (non-hydrogen) atoms. The molecule has 0 aromatic heterocycles. The summed E-state index contributed by atoms with van der Waals surface area (Å²) in [7, 11) is 0. The van der Waals surface area contributed by atoms with Crippen molar-refractivity contribution in [2.75, 3.05) is 0 Å². The molecule has 2 aromatic rings. The molecule has 0 N–H and O–H groups in total. The molecule has 3 rings (SSSR count). The van der Waals surface area contributed by atoms with Gasteiger partial charge in [-0.3, -0.25) is 0 Å². The maximum atomic E-state index is 12.8. The summed E-state index contributed by atoms with van der Waals surface area (Å²) in [4.78, 5) is 0. The summed E-state index contributed by atoms with van der Waals surface area (Å²) in [6, 6.07) is 17.2. The van der Waals surface area contributed by atoms with Crippen molar-refractivity contribution < 1.29 is 4.39 Å². The highest BCUT2D eigenvalue weighted by Gasteiger charge is 2.35. The van der Waals surface area contributed by atoms with Crippen LogP contribution in [-0.4, -0.2) is 0 Å². The quantitative estimate of drug-likeness (QED) is 0.730. The first kappa shape index (κ1) is 11.2. The van der Waals surface area contributed by atoms with Crippen molar-refractivity contribution in [2.45, 2.75) is 12.3 Å². The third-order valence-corrected chi connectivity index (χ3v) is 3.47. The van der Waals surface area contributed by atoms with Crippen LogP contribution >= 0.6 is 0 Å². The topological polar surface area (TPSA) is 0 Å². The van der Waals surface area contributed by atoms with Crippen LogP contribution in [0.4, 0.5) is 4.39 Å². The first-order valence-corrected chi connectivity index (χ1v) is 6.31. The van der Waals surface area contributed by atoms with Crippen molar-refractivity contribution in [1.82, 2.24) is 0 Å². The fraction of sp³-hybridized carbons (Fsp3) is 0.176. The molecule has 0 spiro atoms. The normalized spacial score (nSPS) is 22.3. The lowest BCUT2D eigenvalue weighted by atomic mass is 10.1. The maximum absolute atomic E-state index is 12.8. The van der Waals surface area contributed by atoms with Crippen molar-refractivity contribution in [1.29, 1.82) is 0 Å². The van der Waals surface area contributed by atoms with Crippen molar-refractivity contribution in [3.05, 3.63) is 77.6 Å². The third kappa shape index (κ3) is 2.51. The van der Waals surface area contributed by atoms with Crippen LogP contribution in [0.25, 0.3) is 6.08 Å². The lowest BCUT2D eigenvalue weighted by Crippen LogP contribution is -1.82. The summed E-state index contributed by atoms with van der Waals surface area (Å²) < 4.78 is 12.8. The molecule has 1 saturated carbocycles. The van der Waals surface area contributed by atoms with Gasteiger partial charge in [0.05, 0.1) is 0 Å². The molecule has 0 bridgehead atoms. The van der Waals surface area contributed by atoms with E-state index in [1.165, 1.54) is 17.5 Å². The fourth-order valence-electron chi connectivity index (χ4n) is 2.32. The van der Waals surface area contributed by atoms with Gasteiger partial charge in [0.2, 0.25) is 0 Å². The average Bonchev–Trinajstić information content (AvgIpc) is 3.18. The van der Waals surface area contributed by atoms with Crippen molar-refractivity contribution >= 4 is 6.08 Å². The van der Waals surface area contributed by atoms with Gasteiger partial charge < -0.3 is 0 Å². The van der Waals surface area contributed by atoms with E-state index in [-0.39, 0.29) is 5.82 Å². The van der Waals surface area contributed by atoms with Crippen LogP contribution in [-0.2, 0) is 0 Å². The van der Waals surface area contributed by atoms with Gasteiger partial charge in [0.15, 0.2) is 0 Å². The fourth-order valence-corrected chi connectivity index (χ4v) is 2.32. The van der Waals surface area contributed by atoms with Crippen LogP contribution in [0.5, 0.6) is 0 Å². The van der Waals surface area contributed by atoms with Crippen molar-refractivity contribution in [3.63, 3.8) is 0 Å². The zero-order chi connectivity index (χ0) is 12.4. The Labute approximate surface area is 107 Å². The second kappa shape index (κ2) is 4.77. The molecular formula is C17H15F. The highest BCUT2D eigenvalue weighted by molar-refractivity contribution is 5.50. The molecule has 0 radical (unpaired) electrons. The largest absolute Gasteiger partial charge is 0.207 e. The number of hydrogen-bond donors (Lipinski definition) is 0. The molecule has 0 amide bonds. The van der Waals surface area contributed by atoms with E-state index in [9.17, 15) is 4.39 Å². The first-order valence-electron chi connectivity index (χ1n) is 6.31. The van der Waals surface area contributed by atoms with E-state index in [0.29, 0.717) is 11.8 Å². The van der Waals surface area contributed by atoms with E-state index >= 15 is 0 Å². The second-order valence-corrected chi connectivity index (χ2v) is 4.83. The monoisotopic (exact) mass is 238 g/mol. The predicted octanol–water partition coefficient (Wildman–Crippen LogP) is 4.64. The maximum Gasteiger partial charge on any atom is 0.123 e. The van der Waals surface area contributed by atoms with Gasteiger partial charge in [-0.2, -0.15) is 0 Å².